The molecule has 0 bridgehead atoms. The number of rotatable bonds is 6. The maximum Gasteiger partial charge on any atom is 0.348 e. The van der Waals surface area contributed by atoms with Crippen molar-refractivity contribution in [2.24, 2.45) is 11.8 Å². The predicted octanol–water partition coefficient (Wildman–Crippen LogP) is 3.54. The van der Waals surface area contributed by atoms with Crippen molar-refractivity contribution < 1.29 is 14.3 Å². The number of carbonyl (C=O) groups excluding carboxylic acids is 2. The Morgan fingerprint density at radius 2 is 1.85 bits per heavy atom. The van der Waals surface area contributed by atoms with Crippen LogP contribution in [-0.2, 0) is 11.2 Å². The van der Waals surface area contributed by atoms with E-state index in [1.807, 2.05) is 27.7 Å². The Kier molecular flexibility index (Phi) is 5.74. The topological polar surface area (TPSA) is 69.4 Å². The first-order valence-electron chi connectivity index (χ1n) is 6.91. The minimum absolute atomic E-state index is 0.00931. The van der Waals surface area contributed by atoms with E-state index in [0.29, 0.717) is 34.4 Å². The Morgan fingerprint density at radius 3 is 2.30 bits per heavy atom. The molecule has 0 unspecified atom stereocenters. The molecule has 0 aliphatic rings. The highest BCUT2D eigenvalue weighted by Gasteiger charge is 2.27. The van der Waals surface area contributed by atoms with Gasteiger partial charge >= 0.3 is 5.97 Å². The summed E-state index contributed by atoms with van der Waals surface area (Å²) in [6.45, 7) is 9.84. The Balaban J connectivity index is 3.36. The average Bonchev–Trinajstić information content (AvgIpc) is 2.64. The van der Waals surface area contributed by atoms with E-state index in [1.54, 1.807) is 6.92 Å². The fourth-order valence-electron chi connectivity index (χ4n) is 2.01. The molecular formula is C15H23NO3S. The molecule has 5 heteroatoms. The molecule has 4 nitrogen and oxygen atoms in total. The monoisotopic (exact) mass is 297 g/mol. The third-order valence-electron chi connectivity index (χ3n) is 2.88. The van der Waals surface area contributed by atoms with Gasteiger partial charge in [-0.25, -0.2) is 4.79 Å². The van der Waals surface area contributed by atoms with E-state index >= 15 is 0 Å². The lowest BCUT2D eigenvalue weighted by Crippen LogP contribution is -2.14. The number of esters is 1. The zero-order valence-corrected chi connectivity index (χ0v) is 13.6. The molecule has 112 valence electrons. The van der Waals surface area contributed by atoms with Gasteiger partial charge in [-0.2, -0.15) is 0 Å². The van der Waals surface area contributed by atoms with E-state index in [0.717, 1.165) is 16.9 Å². The maximum absolute atomic E-state index is 12.3. The van der Waals surface area contributed by atoms with Gasteiger partial charge in [-0.1, -0.05) is 27.7 Å². The number of thiophene rings is 1. The number of nitrogen functional groups attached to an aromatic ring is 1. The van der Waals surface area contributed by atoms with Crippen LogP contribution in [0.2, 0.25) is 0 Å². The van der Waals surface area contributed by atoms with Crippen LogP contribution >= 0.6 is 11.3 Å². The average molecular weight is 297 g/mol. The highest BCUT2D eigenvalue weighted by molar-refractivity contribution is 7.18. The van der Waals surface area contributed by atoms with E-state index in [4.69, 9.17) is 10.5 Å². The predicted molar refractivity (Wildman–Crippen MR) is 82.4 cm³/mol. The van der Waals surface area contributed by atoms with E-state index in [2.05, 4.69) is 0 Å². The van der Waals surface area contributed by atoms with Crippen molar-refractivity contribution in [2.75, 3.05) is 12.3 Å². The van der Waals surface area contributed by atoms with Crippen LogP contribution in [0, 0.1) is 11.8 Å². The molecule has 0 atom stereocenters. The standard InChI is InChI=1S/C15H23NO3S/c1-6-19-15(18)13-10(7-8(2)3)11(14(16)20-13)12(17)9(4)5/h8-9H,6-7,16H2,1-5H3. The van der Waals surface area contributed by atoms with Crippen molar-refractivity contribution in [3.8, 4) is 0 Å². The zero-order chi connectivity index (χ0) is 15.4. The van der Waals surface area contributed by atoms with E-state index < -0.39 is 0 Å². The van der Waals surface area contributed by atoms with Gasteiger partial charge in [0.1, 0.15) is 4.88 Å². The molecule has 20 heavy (non-hydrogen) atoms. The highest BCUT2D eigenvalue weighted by Crippen LogP contribution is 2.35. The van der Waals surface area contributed by atoms with Crippen molar-refractivity contribution in [2.45, 2.75) is 41.0 Å². The molecule has 1 aromatic heterocycles. The van der Waals surface area contributed by atoms with Crippen LogP contribution in [-0.4, -0.2) is 18.4 Å². The maximum atomic E-state index is 12.3. The summed E-state index contributed by atoms with van der Waals surface area (Å²) in [5.74, 6) is -0.212. The first kappa shape index (κ1) is 16.7. The van der Waals surface area contributed by atoms with Gasteiger partial charge in [0.2, 0.25) is 0 Å². The summed E-state index contributed by atoms with van der Waals surface area (Å²) in [5.41, 5.74) is 7.25. The first-order chi connectivity index (χ1) is 9.29. The molecule has 0 aliphatic heterocycles. The molecule has 0 saturated heterocycles. The zero-order valence-electron chi connectivity index (χ0n) is 12.8. The van der Waals surface area contributed by atoms with Gasteiger partial charge < -0.3 is 10.5 Å². The van der Waals surface area contributed by atoms with E-state index in [9.17, 15) is 9.59 Å². The minimum atomic E-state index is -0.386. The van der Waals surface area contributed by atoms with Crippen molar-refractivity contribution in [3.05, 3.63) is 16.0 Å². The Hall–Kier alpha value is -1.36. The van der Waals surface area contributed by atoms with Gasteiger partial charge in [-0.05, 0) is 24.8 Å². The lowest BCUT2D eigenvalue weighted by atomic mass is 9.93. The third kappa shape index (κ3) is 3.60. The molecule has 0 fully saturated rings. The normalized spacial score (nSPS) is 11.2. The smallest absolute Gasteiger partial charge is 0.348 e. The molecule has 1 aromatic rings. The van der Waals surface area contributed by atoms with Crippen LogP contribution in [0.1, 0.15) is 60.2 Å². The minimum Gasteiger partial charge on any atom is -0.462 e. The second-order valence-electron chi connectivity index (χ2n) is 5.49. The molecular weight excluding hydrogens is 274 g/mol. The molecule has 0 aliphatic carbocycles. The van der Waals surface area contributed by atoms with Crippen LogP contribution in [0.15, 0.2) is 0 Å². The number of anilines is 1. The fraction of sp³-hybridized carbons (Fsp3) is 0.600. The number of ether oxygens (including phenoxy) is 1. The number of ketones is 1. The number of nitrogens with two attached hydrogens (primary N) is 1. The van der Waals surface area contributed by atoms with Gasteiger partial charge in [0.15, 0.2) is 5.78 Å². The van der Waals surface area contributed by atoms with Crippen LogP contribution in [0.25, 0.3) is 0 Å². The molecule has 0 aromatic carbocycles. The summed E-state index contributed by atoms with van der Waals surface area (Å²) in [6.07, 6.45) is 0.648. The van der Waals surface area contributed by atoms with Crippen molar-refractivity contribution in [1.29, 1.82) is 0 Å². The van der Waals surface area contributed by atoms with Crippen molar-refractivity contribution in [1.82, 2.24) is 0 Å². The summed E-state index contributed by atoms with van der Waals surface area (Å²) in [4.78, 5) is 24.8. The molecule has 0 saturated carbocycles. The number of Topliss-reactive ketones (excluding diaryl/α,β-unsaturated/α-hetero) is 1. The fourth-order valence-corrected chi connectivity index (χ4v) is 3.00. The number of hydrogen-bond donors (Lipinski definition) is 1. The quantitative estimate of drug-likeness (QED) is 0.644. The van der Waals surface area contributed by atoms with Crippen LogP contribution in [0.3, 0.4) is 0 Å². The van der Waals surface area contributed by atoms with Gasteiger partial charge in [0.25, 0.3) is 0 Å². The largest absolute Gasteiger partial charge is 0.462 e. The van der Waals surface area contributed by atoms with Gasteiger partial charge in [-0.3, -0.25) is 4.79 Å². The second-order valence-corrected chi connectivity index (χ2v) is 6.54. The lowest BCUT2D eigenvalue weighted by molar-refractivity contribution is 0.0531. The number of hydrogen-bond acceptors (Lipinski definition) is 5. The molecule has 0 radical (unpaired) electrons. The molecule has 0 amide bonds. The third-order valence-corrected chi connectivity index (χ3v) is 3.92. The molecule has 0 spiro atoms. The highest BCUT2D eigenvalue weighted by atomic mass is 32.1. The van der Waals surface area contributed by atoms with Gasteiger partial charge in [-0.15, -0.1) is 11.3 Å². The lowest BCUT2D eigenvalue weighted by Gasteiger charge is -2.11. The van der Waals surface area contributed by atoms with E-state index in [-0.39, 0.29) is 17.7 Å². The van der Waals surface area contributed by atoms with Crippen LogP contribution in [0.4, 0.5) is 5.00 Å². The Bertz CT molecular complexity index is 503. The first-order valence-corrected chi connectivity index (χ1v) is 7.73. The van der Waals surface area contributed by atoms with Crippen molar-refractivity contribution in [3.63, 3.8) is 0 Å². The Labute approximate surface area is 124 Å². The molecule has 1 rings (SSSR count). The SMILES string of the molecule is CCOC(=O)c1sc(N)c(C(=O)C(C)C)c1CC(C)C. The molecule has 2 N–H and O–H groups in total. The summed E-state index contributed by atoms with van der Waals surface area (Å²) >= 11 is 1.16. The van der Waals surface area contributed by atoms with Crippen LogP contribution in [0.5, 0.6) is 0 Å². The second kappa shape index (κ2) is 6.88. The summed E-state index contributed by atoms with van der Waals surface area (Å²) in [6, 6.07) is 0. The van der Waals surface area contributed by atoms with Gasteiger partial charge in [0, 0.05) is 5.92 Å². The Morgan fingerprint density at radius 1 is 1.25 bits per heavy atom. The summed E-state index contributed by atoms with van der Waals surface area (Å²) < 4.78 is 5.06. The summed E-state index contributed by atoms with van der Waals surface area (Å²) in [5, 5.41) is 0.419. The van der Waals surface area contributed by atoms with Crippen molar-refractivity contribution >= 4 is 28.1 Å². The number of carbonyl (C=O) groups is 2. The molecule has 1 heterocycles. The van der Waals surface area contributed by atoms with E-state index in [1.165, 1.54) is 0 Å². The summed E-state index contributed by atoms with van der Waals surface area (Å²) in [7, 11) is 0. The van der Waals surface area contributed by atoms with Crippen LogP contribution < -0.4 is 5.73 Å². The van der Waals surface area contributed by atoms with Gasteiger partial charge in [0.05, 0.1) is 17.2 Å².